The van der Waals surface area contributed by atoms with E-state index in [1.165, 1.54) is 0 Å². The lowest BCUT2D eigenvalue weighted by atomic mass is 10.2. The number of carbonyl (C=O) groups is 2. The summed E-state index contributed by atoms with van der Waals surface area (Å²) >= 11 is 0. The number of esters is 1. The van der Waals surface area contributed by atoms with Gasteiger partial charge in [0, 0.05) is 12.8 Å². The molecule has 5 nitrogen and oxygen atoms in total. The molecule has 1 atom stereocenters. The Morgan fingerprint density at radius 1 is 1.33 bits per heavy atom. The lowest BCUT2D eigenvalue weighted by Gasteiger charge is -2.09. The quantitative estimate of drug-likeness (QED) is 0.592. The van der Waals surface area contributed by atoms with Crippen molar-refractivity contribution < 1.29 is 24.5 Å². The molecule has 0 aliphatic heterocycles. The summed E-state index contributed by atoms with van der Waals surface area (Å²) in [5, 5.41) is 17.6. The second kappa shape index (κ2) is 8.23. The fourth-order valence-corrected chi connectivity index (χ4v) is 1.06. The zero-order valence-electron chi connectivity index (χ0n) is 8.94. The summed E-state index contributed by atoms with van der Waals surface area (Å²) in [6.07, 6.45) is 1.15. The molecule has 0 amide bonds. The summed E-state index contributed by atoms with van der Waals surface area (Å²) in [6, 6.07) is 0. The van der Waals surface area contributed by atoms with Crippen molar-refractivity contribution in [1.29, 1.82) is 0 Å². The van der Waals surface area contributed by atoms with Crippen molar-refractivity contribution in [3.8, 4) is 0 Å². The number of ether oxygens (including phenoxy) is 1. The van der Waals surface area contributed by atoms with E-state index in [2.05, 4.69) is 0 Å². The standard InChI is InChI=1S/C10H18O5/c1-2-4-8(11)7-15-10(14)6-3-5-9(12)13/h8,11H,2-7H2,1H3,(H,12,13). The zero-order valence-corrected chi connectivity index (χ0v) is 8.94. The highest BCUT2D eigenvalue weighted by Crippen LogP contribution is 2.01. The van der Waals surface area contributed by atoms with Crippen molar-refractivity contribution in [1.82, 2.24) is 0 Å². The van der Waals surface area contributed by atoms with Crippen LogP contribution in [0, 0.1) is 0 Å². The number of aliphatic hydroxyl groups excluding tert-OH is 1. The Balaban J connectivity index is 3.44. The third kappa shape index (κ3) is 9.21. The average Bonchev–Trinajstić information content (AvgIpc) is 2.14. The summed E-state index contributed by atoms with van der Waals surface area (Å²) in [7, 11) is 0. The molecule has 0 radical (unpaired) electrons. The molecule has 0 aromatic heterocycles. The first-order chi connectivity index (χ1) is 7.06. The number of carboxylic acid groups (broad SMARTS) is 1. The van der Waals surface area contributed by atoms with Gasteiger partial charge in [0.05, 0.1) is 6.10 Å². The molecular weight excluding hydrogens is 200 g/mol. The molecule has 15 heavy (non-hydrogen) atoms. The molecule has 0 aromatic carbocycles. The van der Waals surface area contributed by atoms with Gasteiger partial charge in [-0.25, -0.2) is 0 Å². The van der Waals surface area contributed by atoms with E-state index in [4.69, 9.17) is 9.84 Å². The lowest BCUT2D eigenvalue weighted by Crippen LogP contribution is -2.18. The van der Waals surface area contributed by atoms with Crippen LogP contribution in [-0.4, -0.2) is 34.9 Å². The molecular formula is C10H18O5. The molecule has 88 valence electrons. The minimum Gasteiger partial charge on any atom is -0.481 e. The molecule has 0 rings (SSSR count). The van der Waals surface area contributed by atoms with E-state index >= 15 is 0 Å². The van der Waals surface area contributed by atoms with E-state index < -0.39 is 18.0 Å². The van der Waals surface area contributed by atoms with Crippen molar-refractivity contribution in [3.63, 3.8) is 0 Å². The van der Waals surface area contributed by atoms with Gasteiger partial charge < -0.3 is 14.9 Å². The largest absolute Gasteiger partial charge is 0.481 e. The molecule has 0 saturated carbocycles. The Bertz CT molecular complexity index is 202. The number of hydrogen-bond acceptors (Lipinski definition) is 4. The molecule has 0 heterocycles. The highest BCUT2D eigenvalue weighted by Gasteiger charge is 2.08. The highest BCUT2D eigenvalue weighted by atomic mass is 16.5. The highest BCUT2D eigenvalue weighted by molar-refractivity contribution is 5.71. The molecule has 0 bridgehead atoms. The van der Waals surface area contributed by atoms with Crippen LogP contribution in [0.2, 0.25) is 0 Å². The van der Waals surface area contributed by atoms with Gasteiger partial charge in [-0.2, -0.15) is 0 Å². The van der Waals surface area contributed by atoms with Crippen LogP contribution >= 0.6 is 0 Å². The Morgan fingerprint density at radius 2 is 2.00 bits per heavy atom. The van der Waals surface area contributed by atoms with Gasteiger partial charge in [0.1, 0.15) is 6.61 Å². The van der Waals surface area contributed by atoms with Gasteiger partial charge in [-0.3, -0.25) is 9.59 Å². The predicted octanol–water partition coefficient (Wildman–Crippen LogP) is 0.946. The number of hydrogen-bond donors (Lipinski definition) is 2. The van der Waals surface area contributed by atoms with Crippen molar-refractivity contribution in [2.45, 2.75) is 45.1 Å². The van der Waals surface area contributed by atoms with E-state index in [-0.39, 0.29) is 25.9 Å². The smallest absolute Gasteiger partial charge is 0.305 e. The van der Waals surface area contributed by atoms with Crippen molar-refractivity contribution in [2.75, 3.05) is 6.61 Å². The number of carboxylic acids is 1. The third-order valence-electron chi connectivity index (χ3n) is 1.83. The third-order valence-corrected chi connectivity index (χ3v) is 1.83. The van der Waals surface area contributed by atoms with Crippen LogP contribution in [0.5, 0.6) is 0 Å². The Labute approximate surface area is 89.0 Å². The van der Waals surface area contributed by atoms with Crippen LogP contribution in [0.25, 0.3) is 0 Å². The Kier molecular flexibility index (Phi) is 7.62. The average molecular weight is 218 g/mol. The second-order valence-electron chi connectivity index (χ2n) is 3.37. The minimum absolute atomic E-state index is 0.000253. The zero-order chi connectivity index (χ0) is 11.7. The van der Waals surface area contributed by atoms with E-state index in [1.807, 2.05) is 6.92 Å². The maximum Gasteiger partial charge on any atom is 0.305 e. The topological polar surface area (TPSA) is 83.8 Å². The number of rotatable bonds is 8. The molecule has 0 saturated heterocycles. The first-order valence-corrected chi connectivity index (χ1v) is 5.11. The van der Waals surface area contributed by atoms with Crippen LogP contribution in [0.15, 0.2) is 0 Å². The molecule has 0 fully saturated rings. The van der Waals surface area contributed by atoms with E-state index in [0.29, 0.717) is 6.42 Å². The summed E-state index contributed by atoms with van der Waals surface area (Å²) in [4.78, 5) is 21.1. The SMILES string of the molecule is CCCC(O)COC(=O)CCCC(=O)O. The van der Waals surface area contributed by atoms with Gasteiger partial charge >= 0.3 is 11.9 Å². The van der Waals surface area contributed by atoms with Crippen molar-refractivity contribution >= 4 is 11.9 Å². The fourth-order valence-electron chi connectivity index (χ4n) is 1.06. The van der Waals surface area contributed by atoms with E-state index in [9.17, 15) is 14.7 Å². The van der Waals surface area contributed by atoms with Gasteiger partial charge in [0.25, 0.3) is 0 Å². The van der Waals surface area contributed by atoms with Gasteiger partial charge in [0.2, 0.25) is 0 Å². The van der Waals surface area contributed by atoms with Gasteiger partial charge in [-0.15, -0.1) is 0 Å². The van der Waals surface area contributed by atoms with Crippen LogP contribution in [0.4, 0.5) is 0 Å². The van der Waals surface area contributed by atoms with Gasteiger partial charge in [-0.05, 0) is 12.8 Å². The summed E-state index contributed by atoms with van der Waals surface area (Å²) in [5.74, 6) is -1.37. The molecule has 0 aliphatic rings. The van der Waals surface area contributed by atoms with Crippen molar-refractivity contribution in [3.05, 3.63) is 0 Å². The van der Waals surface area contributed by atoms with Crippen LogP contribution in [0.1, 0.15) is 39.0 Å². The van der Waals surface area contributed by atoms with Crippen LogP contribution < -0.4 is 0 Å². The lowest BCUT2D eigenvalue weighted by molar-refractivity contribution is -0.147. The Hall–Kier alpha value is -1.10. The van der Waals surface area contributed by atoms with Gasteiger partial charge in [-0.1, -0.05) is 13.3 Å². The van der Waals surface area contributed by atoms with Crippen molar-refractivity contribution in [2.24, 2.45) is 0 Å². The summed E-state index contributed by atoms with van der Waals surface area (Å²) < 4.78 is 4.76. The predicted molar refractivity (Wildman–Crippen MR) is 53.4 cm³/mol. The summed E-state index contributed by atoms with van der Waals surface area (Å²) in [6.45, 7) is 1.93. The maximum absolute atomic E-state index is 11.0. The maximum atomic E-state index is 11.0. The molecule has 2 N–H and O–H groups in total. The second-order valence-corrected chi connectivity index (χ2v) is 3.37. The molecule has 0 aromatic rings. The Morgan fingerprint density at radius 3 is 2.53 bits per heavy atom. The van der Waals surface area contributed by atoms with Crippen LogP contribution in [0.3, 0.4) is 0 Å². The molecule has 0 aliphatic carbocycles. The minimum atomic E-state index is -0.922. The summed E-state index contributed by atoms with van der Waals surface area (Å²) in [5.41, 5.74) is 0. The number of aliphatic carboxylic acids is 1. The van der Waals surface area contributed by atoms with Gasteiger partial charge in [0.15, 0.2) is 0 Å². The monoisotopic (exact) mass is 218 g/mol. The molecule has 5 heteroatoms. The molecule has 0 spiro atoms. The first kappa shape index (κ1) is 13.9. The first-order valence-electron chi connectivity index (χ1n) is 5.11. The van der Waals surface area contributed by atoms with Crippen LogP contribution in [-0.2, 0) is 14.3 Å². The fraction of sp³-hybridized carbons (Fsp3) is 0.800. The van der Waals surface area contributed by atoms with E-state index in [1.54, 1.807) is 0 Å². The number of carbonyl (C=O) groups excluding carboxylic acids is 1. The van der Waals surface area contributed by atoms with E-state index in [0.717, 1.165) is 6.42 Å². The normalized spacial score (nSPS) is 12.1. The number of aliphatic hydroxyl groups is 1. The molecule has 1 unspecified atom stereocenters.